The molecule has 0 aliphatic rings. The fourth-order valence-electron chi connectivity index (χ4n) is 4.55. The van der Waals surface area contributed by atoms with Crippen molar-refractivity contribution in [2.24, 2.45) is 0 Å². The Kier molecular flexibility index (Phi) is 9.59. The third-order valence-corrected chi connectivity index (χ3v) is 7.62. The van der Waals surface area contributed by atoms with Gasteiger partial charge in [-0.2, -0.15) is 0 Å². The summed E-state index contributed by atoms with van der Waals surface area (Å²) in [4.78, 5) is 14.1. The number of benzene rings is 3. The van der Waals surface area contributed by atoms with Gasteiger partial charge in [-0.05, 0) is 58.7 Å². The van der Waals surface area contributed by atoms with Crippen LogP contribution < -0.4 is 10.6 Å². The number of halogens is 2. The van der Waals surface area contributed by atoms with E-state index in [4.69, 9.17) is 0 Å². The zero-order valence-electron chi connectivity index (χ0n) is 21.6. The average molecular weight is 551 g/mol. The molecular weight excluding hydrogens is 518 g/mol. The first-order valence-electron chi connectivity index (χ1n) is 12.8. The molecule has 3 unspecified atom stereocenters. The number of carbonyl (C=O) groups excluding carboxylic acids is 1. The van der Waals surface area contributed by atoms with E-state index in [2.05, 4.69) is 23.6 Å². The molecule has 204 valence electrons. The van der Waals surface area contributed by atoms with Crippen molar-refractivity contribution < 1.29 is 23.8 Å². The highest BCUT2D eigenvalue weighted by Gasteiger charge is 2.42. The second-order valence-electron chi connectivity index (χ2n) is 9.49. The molecule has 0 radical (unpaired) electrons. The number of hydrogen-bond donors (Lipinski definition) is 4. The standard InChI is InChI=1S/C31H32F2N2O3S/c1-2-21-8-6-9-22(14-21)19-34-20-28(36)27(17-23-15-25(32)18-26(33)16-23)35-30(37)31(38,29-12-7-13-39-29)24-10-4-3-5-11-24/h3-16,18,27-28,34,36,38H,2,17,19-20H2,1H3,(H,35,37). The van der Waals surface area contributed by atoms with Gasteiger partial charge in [0.05, 0.1) is 17.0 Å². The van der Waals surface area contributed by atoms with Crippen LogP contribution in [0.5, 0.6) is 0 Å². The normalized spacial score (nSPS) is 14.4. The van der Waals surface area contributed by atoms with Crippen molar-refractivity contribution >= 4 is 17.2 Å². The Morgan fingerprint density at radius 2 is 1.64 bits per heavy atom. The molecule has 5 nitrogen and oxygen atoms in total. The van der Waals surface area contributed by atoms with E-state index < -0.39 is 35.3 Å². The first-order valence-corrected chi connectivity index (χ1v) is 13.7. The van der Waals surface area contributed by atoms with Gasteiger partial charge in [-0.15, -0.1) is 11.3 Å². The minimum absolute atomic E-state index is 0.0517. The molecule has 0 aliphatic carbocycles. The summed E-state index contributed by atoms with van der Waals surface area (Å²) in [7, 11) is 0. The Bertz CT molecular complexity index is 1350. The van der Waals surface area contributed by atoms with E-state index in [-0.39, 0.29) is 18.5 Å². The largest absolute Gasteiger partial charge is 0.390 e. The van der Waals surface area contributed by atoms with Crippen LogP contribution in [0.25, 0.3) is 0 Å². The van der Waals surface area contributed by atoms with Crippen LogP contribution in [0.2, 0.25) is 0 Å². The van der Waals surface area contributed by atoms with Crippen LogP contribution in [-0.4, -0.2) is 34.8 Å². The number of rotatable bonds is 12. The summed E-state index contributed by atoms with van der Waals surface area (Å²) < 4.78 is 27.9. The molecular formula is C31H32F2N2O3S. The van der Waals surface area contributed by atoms with E-state index in [0.29, 0.717) is 17.0 Å². The topological polar surface area (TPSA) is 81.6 Å². The molecule has 0 aliphatic heterocycles. The highest BCUT2D eigenvalue weighted by atomic mass is 32.1. The minimum atomic E-state index is -2.02. The van der Waals surface area contributed by atoms with Crippen LogP contribution in [0.15, 0.2) is 90.3 Å². The van der Waals surface area contributed by atoms with Gasteiger partial charge in [-0.1, -0.05) is 67.6 Å². The molecule has 1 heterocycles. The SMILES string of the molecule is CCc1cccc(CNCC(O)C(Cc2cc(F)cc(F)c2)NC(=O)C(O)(c2ccccc2)c2cccs2)c1. The number of aliphatic hydroxyl groups excluding tert-OH is 1. The predicted molar refractivity (Wildman–Crippen MR) is 149 cm³/mol. The quantitative estimate of drug-likeness (QED) is 0.206. The van der Waals surface area contributed by atoms with Crippen LogP contribution in [0.1, 0.15) is 34.1 Å². The van der Waals surface area contributed by atoms with Gasteiger partial charge in [0, 0.05) is 19.2 Å². The van der Waals surface area contributed by atoms with Crippen molar-refractivity contribution in [2.45, 2.75) is 44.1 Å². The third kappa shape index (κ3) is 7.16. The Hall–Kier alpha value is -3.43. The second-order valence-corrected chi connectivity index (χ2v) is 10.4. The molecule has 0 saturated heterocycles. The Morgan fingerprint density at radius 1 is 0.923 bits per heavy atom. The molecule has 4 rings (SSSR count). The van der Waals surface area contributed by atoms with E-state index in [1.807, 2.05) is 18.2 Å². The molecule has 0 saturated carbocycles. The lowest BCUT2D eigenvalue weighted by molar-refractivity contribution is -0.138. The number of nitrogens with one attached hydrogen (secondary N) is 2. The number of thiophene rings is 1. The predicted octanol–water partition coefficient (Wildman–Crippen LogP) is 4.70. The van der Waals surface area contributed by atoms with E-state index in [0.717, 1.165) is 18.1 Å². The first-order chi connectivity index (χ1) is 18.8. The number of carbonyl (C=O) groups is 1. The van der Waals surface area contributed by atoms with Crippen molar-refractivity contribution in [3.8, 4) is 0 Å². The van der Waals surface area contributed by atoms with Crippen molar-refractivity contribution in [1.82, 2.24) is 10.6 Å². The van der Waals surface area contributed by atoms with Gasteiger partial charge >= 0.3 is 0 Å². The van der Waals surface area contributed by atoms with Gasteiger partial charge in [0.1, 0.15) is 11.6 Å². The maximum Gasteiger partial charge on any atom is 0.262 e. The van der Waals surface area contributed by atoms with Gasteiger partial charge in [0.15, 0.2) is 0 Å². The van der Waals surface area contributed by atoms with Gasteiger partial charge in [0.2, 0.25) is 5.60 Å². The van der Waals surface area contributed by atoms with Crippen LogP contribution >= 0.6 is 11.3 Å². The maximum absolute atomic E-state index is 13.9. The van der Waals surface area contributed by atoms with E-state index in [1.165, 1.54) is 29.0 Å². The lowest BCUT2D eigenvalue weighted by atomic mass is 9.90. The smallest absolute Gasteiger partial charge is 0.262 e. The lowest BCUT2D eigenvalue weighted by Gasteiger charge is -2.31. The third-order valence-electron chi connectivity index (χ3n) is 6.64. The summed E-state index contributed by atoms with van der Waals surface area (Å²) in [5.74, 6) is -2.25. The molecule has 3 aromatic carbocycles. The van der Waals surface area contributed by atoms with Crippen molar-refractivity contribution in [3.63, 3.8) is 0 Å². The highest BCUT2D eigenvalue weighted by Crippen LogP contribution is 2.33. The molecule has 0 bridgehead atoms. The molecule has 0 spiro atoms. The Labute approximate surface area is 231 Å². The minimum Gasteiger partial charge on any atom is -0.390 e. The van der Waals surface area contributed by atoms with Crippen LogP contribution in [0, 0.1) is 11.6 Å². The molecule has 4 aromatic rings. The fraction of sp³-hybridized carbons (Fsp3) is 0.258. The maximum atomic E-state index is 13.9. The Balaban J connectivity index is 1.57. The van der Waals surface area contributed by atoms with Crippen LogP contribution in [0.3, 0.4) is 0 Å². The van der Waals surface area contributed by atoms with E-state index >= 15 is 0 Å². The van der Waals surface area contributed by atoms with E-state index in [9.17, 15) is 23.8 Å². The zero-order chi connectivity index (χ0) is 27.8. The fourth-order valence-corrected chi connectivity index (χ4v) is 5.40. The van der Waals surface area contributed by atoms with Gasteiger partial charge < -0.3 is 20.8 Å². The van der Waals surface area contributed by atoms with Gasteiger partial charge in [-0.3, -0.25) is 4.79 Å². The van der Waals surface area contributed by atoms with Crippen LogP contribution in [-0.2, 0) is 29.8 Å². The number of aryl methyl sites for hydroxylation is 1. The molecule has 3 atom stereocenters. The van der Waals surface area contributed by atoms with Crippen molar-refractivity contribution in [2.75, 3.05) is 6.54 Å². The molecule has 0 fully saturated rings. The second kappa shape index (κ2) is 13.1. The van der Waals surface area contributed by atoms with E-state index in [1.54, 1.807) is 47.8 Å². The zero-order valence-corrected chi connectivity index (χ0v) is 22.4. The molecule has 1 amide bonds. The van der Waals surface area contributed by atoms with Crippen molar-refractivity contribution in [1.29, 1.82) is 0 Å². The van der Waals surface area contributed by atoms with Gasteiger partial charge in [0.25, 0.3) is 5.91 Å². The summed E-state index contributed by atoms with van der Waals surface area (Å²) >= 11 is 1.23. The molecule has 4 N–H and O–H groups in total. The summed E-state index contributed by atoms with van der Waals surface area (Å²) in [5, 5.41) is 30.7. The molecule has 39 heavy (non-hydrogen) atoms. The summed E-state index contributed by atoms with van der Waals surface area (Å²) in [6, 6.07) is 22.2. The molecule has 1 aromatic heterocycles. The average Bonchev–Trinajstić information content (AvgIpc) is 3.48. The van der Waals surface area contributed by atoms with Crippen molar-refractivity contribution in [3.05, 3.63) is 129 Å². The van der Waals surface area contributed by atoms with Gasteiger partial charge in [-0.25, -0.2) is 8.78 Å². The number of aliphatic hydroxyl groups is 2. The number of amides is 1. The monoisotopic (exact) mass is 550 g/mol. The number of hydrogen-bond acceptors (Lipinski definition) is 5. The Morgan fingerprint density at radius 3 is 2.31 bits per heavy atom. The molecule has 8 heteroatoms. The summed E-state index contributed by atoms with van der Waals surface area (Å²) in [5.41, 5.74) is 0.859. The van der Waals surface area contributed by atoms with Crippen LogP contribution in [0.4, 0.5) is 8.78 Å². The lowest BCUT2D eigenvalue weighted by Crippen LogP contribution is -2.54. The summed E-state index contributed by atoms with van der Waals surface area (Å²) in [6.07, 6.45) is -0.272. The summed E-state index contributed by atoms with van der Waals surface area (Å²) in [6.45, 7) is 2.66. The highest BCUT2D eigenvalue weighted by molar-refractivity contribution is 7.10. The first kappa shape index (κ1) is 28.6.